The topological polar surface area (TPSA) is 0 Å². The van der Waals surface area contributed by atoms with Gasteiger partial charge in [-0.15, -0.1) is 0 Å². The van der Waals surface area contributed by atoms with Gasteiger partial charge < -0.3 is 0 Å². The molecule has 1 spiro atoms. The standard InChI is InChI=1S/C31H54.CH4/c1-9-20(3)17-25-19-31(23(6)22(25)5)16-14-27-26(10-2)29(18-28(27)24(31)7)30(8)15-12-11-13-21(30)4;/h20-23,25-27,29H,9-19H2,1-8H3;1H4. The molecule has 0 aliphatic heterocycles. The molecule has 10 unspecified atom stereocenters. The summed E-state index contributed by atoms with van der Waals surface area (Å²) in [4.78, 5) is 0. The number of hydrogen-bond acceptors (Lipinski definition) is 0. The van der Waals surface area contributed by atoms with E-state index in [4.69, 9.17) is 0 Å². The van der Waals surface area contributed by atoms with Gasteiger partial charge in [0.15, 0.2) is 0 Å². The molecule has 0 aromatic rings. The van der Waals surface area contributed by atoms with Crippen LogP contribution in [0.15, 0.2) is 11.1 Å². The molecule has 0 amide bonds. The zero-order chi connectivity index (χ0) is 22.6. The third-order valence-electron chi connectivity index (χ3n) is 12.5. The van der Waals surface area contributed by atoms with Crippen molar-refractivity contribution in [3.63, 3.8) is 0 Å². The molecule has 4 aliphatic carbocycles. The molecule has 3 fully saturated rings. The second-order valence-corrected chi connectivity index (χ2v) is 13.3. The summed E-state index contributed by atoms with van der Waals surface area (Å²) in [7, 11) is 0. The molecule has 0 bridgehead atoms. The van der Waals surface area contributed by atoms with Crippen molar-refractivity contribution in [2.24, 2.45) is 58.2 Å². The smallest absolute Gasteiger partial charge is 0.00569 e. The van der Waals surface area contributed by atoms with Gasteiger partial charge in [-0.05, 0) is 104 Å². The quantitative estimate of drug-likeness (QED) is 0.371. The molecule has 4 aliphatic rings. The summed E-state index contributed by atoms with van der Waals surface area (Å²) in [6.45, 7) is 20.6. The van der Waals surface area contributed by atoms with Crippen LogP contribution in [0, 0.1) is 58.2 Å². The van der Waals surface area contributed by atoms with E-state index in [1.165, 1.54) is 70.6 Å². The van der Waals surface area contributed by atoms with E-state index in [2.05, 4.69) is 55.4 Å². The van der Waals surface area contributed by atoms with Gasteiger partial charge in [0.2, 0.25) is 0 Å². The minimum Gasteiger partial charge on any atom is -0.0776 e. The first-order chi connectivity index (χ1) is 14.7. The lowest BCUT2D eigenvalue weighted by Gasteiger charge is -2.47. The Morgan fingerprint density at radius 2 is 1.75 bits per heavy atom. The maximum absolute atomic E-state index is 2.70. The summed E-state index contributed by atoms with van der Waals surface area (Å²) in [5.41, 5.74) is 5.01. The molecule has 0 heteroatoms. The van der Waals surface area contributed by atoms with Gasteiger partial charge >= 0.3 is 0 Å². The van der Waals surface area contributed by atoms with E-state index in [1.54, 1.807) is 0 Å². The molecular formula is C32H58. The van der Waals surface area contributed by atoms with E-state index >= 15 is 0 Å². The first-order valence-electron chi connectivity index (χ1n) is 14.4. The number of fused-ring (bicyclic) bond motifs is 1. The van der Waals surface area contributed by atoms with Crippen molar-refractivity contribution < 1.29 is 0 Å². The van der Waals surface area contributed by atoms with Gasteiger partial charge in [0, 0.05) is 0 Å². The lowest BCUT2D eigenvalue weighted by molar-refractivity contribution is 0.0222. The van der Waals surface area contributed by atoms with Crippen LogP contribution in [-0.4, -0.2) is 0 Å². The van der Waals surface area contributed by atoms with Crippen LogP contribution < -0.4 is 0 Å². The van der Waals surface area contributed by atoms with E-state index in [0.29, 0.717) is 10.8 Å². The van der Waals surface area contributed by atoms with Gasteiger partial charge in [0.1, 0.15) is 0 Å². The predicted molar refractivity (Wildman–Crippen MR) is 143 cm³/mol. The molecule has 3 saturated carbocycles. The van der Waals surface area contributed by atoms with Crippen LogP contribution in [0.3, 0.4) is 0 Å². The fourth-order valence-corrected chi connectivity index (χ4v) is 9.75. The van der Waals surface area contributed by atoms with Gasteiger partial charge in [-0.3, -0.25) is 0 Å². The average molecular weight is 443 g/mol. The van der Waals surface area contributed by atoms with Gasteiger partial charge in [0.25, 0.3) is 0 Å². The number of hydrogen-bond donors (Lipinski definition) is 0. The van der Waals surface area contributed by atoms with Crippen molar-refractivity contribution >= 4 is 0 Å². The summed E-state index contributed by atoms with van der Waals surface area (Å²) in [6, 6.07) is 0. The monoisotopic (exact) mass is 442 g/mol. The van der Waals surface area contributed by atoms with Crippen LogP contribution in [0.4, 0.5) is 0 Å². The van der Waals surface area contributed by atoms with Crippen molar-refractivity contribution in [3.8, 4) is 0 Å². The van der Waals surface area contributed by atoms with Gasteiger partial charge in [0.05, 0.1) is 0 Å². The van der Waals surface area contributed by atoms with Crippen molar-refractivity contribution in [3.05, 3.63) is 11.1 Å². The Bertz CT molecular complexity index is 672. The zero-order valence-electron chi connectivity index (χ0n) is 22.4. The SMILES string of the molecule is C.CCC(C)CC1CC2(CCC3C(=C2C)CC(C2(C)CCCCC2C)C3CC)C(C)C1C. The first-order valence-corrected chi connectivity index (χ1v) is 14.4. The Hall–Kier alpha value is -0.260. The second-order valence-electron chi connectivity index (χ2n) is 13.3. The molecule has 0 radical (unpaired) electrons. The number of rotatable bonds is 5. The first kappa shape index (κ1) is 26.3. The molecule has 186 valence electrons. The molecular weight excluding hydrogens is 384 g/mol. The second kappa shape index (κ2) is 9.77. The summed E-state index contributed by atoms with van der Waals surface area (Å²) < 4.78 is 0. The molecule has 0 aromatic carbocycles. The normalized spacial score (nSPS) is 47.4. The van der Waals surface area contributed by atoms with Crippen molar-refractivity contribution in [1.82, 2.24) is 0 Å². The molecule has 4 rings (SSSR count). The van der Waals surface area contributed by atoms with Crippen molar-refractivity contribution in [1.29, 1.82) is 0 Å². The van der Waals surface area contributed by atoms with Gasteiger partial charge in [-0.1, -0.05) is 99.1 Å². The zero-order valence-corrected chi connectivity index (χ0v) is 22.4. The molecule has 0 nitrogen and oxygen atoms in total. The van der Waals surface area contributed by atoms with Crippen molar-refractivity contribution in [2.45, 2.75) is 133 Å². The molecule has 10 atom stereocenters. The predicted octanol–water partition coefficient (Wildman–Crippen LogP) is 10.3. The van der Waals surface area contributed by atoms with E-state index in [1.807, 2.05) is 11.1 Å². The Morgan fingerprint density at radius 3 is 2.38 bits per heavy atom. The Labute approximate surface area is 202 Å². The maximum Gasteiger partial charge on any atom is -0.00569 e. The minimum atomic E-state index is 0. The highest BCUT2D eigenvalue weighted by molar-refractivity contribution is 5.33. The third-order valence-corrected chi connectivity index (χ3v) is 12.5. The fourth-order valence-electron chi connectivity index (χ4n) is 9.75. The molecule has 0 saturated heterocycles. The highest BCUT2D eigenvalue weighted by atomic mass is 14.6. The Balaban J connectivity index is 0.00000289. The van der Waals surface area contributed by atoms with Gasteiger partial charge in [-0.25, -0.2) is 0 Å². The lowest BCUT2D eigenvalue weighted by atomic mass is 9.58. The van der Waals surface area contributed by atoms with Crippen LogP contribution in [-0.2, 0) is 0 Å². The summed E-state index contributed by atoms with van der Waals surface area (Å²) >= 11 is 0. The van der Waals surface area contributed by atoms with E-state index in [-0.39, 0.29) is 7.43 Å². The van der Waals surface area contributed by atoms with Crippen molar-refractivity contribution in [2.75, 3.05) is 0 Å². The molecule has 0 N–H and O–H groups in total. The van der Waals surface area contributed by atoms with E-state index < -0.39 is 0 Å². The van der Waals surface area contributed by atoms with Gasteiger partial charge in [-0.2, -0.15) is 0 Å². The summed E-state index contributed by atoms with van der Waals surface area (Å²) in [6.07, 6.45) is 16.1. The fraction of sp³-hybridized carbons (Fsp3) is 0.938. The lowest BCUT2D eigenvalue weighted by Crippen LogP contribution is -2.39. The average Bonchev–Trinajstić information content (AvgIpc) is 3.25. The largest absolute Gasteiger partial charge is 0.0776 e. The molecule has 32 heavy (non-hydrogen) atoms. The van der Waals surface area contributed by atoms with Crippen LogP contribution in [0.25, 0.3) is 0 Å². The maximum atomic E-state index is 2.70. The van der Waals surface area contributed by atoms with Crippen LogP contribution >= 0.6 is 0 Å². The molecule has 0 aromatic heterocycles. The third kappa shape index (κ3) is 3.96. The Kier molecular flexibility index (Phi) is 8.05. The minimum absolute atomic E-state index is 0. The van der Waals surface area contributed by atoms with Crippen LogP contribution in [0.1, 0.15) is 133 Å². The Morgan fingerprint density at radius 1 is 1.03 bits per heavy atom. The number of allylic oxidation sites excluding steroid dienone is 2. The highest BCUT2D eigenvalue weighted by Gasteiger charge is 2.57. The summed E-state index contributed by atoms with van der Waals surface area (Å²) in [5.74, 6) is 7.36. The van der Waals surface area contributed by atoms with Crippen LogP contribution in [0.5, 0.6) is 0 Å². The molecule has 0 heterocycles. The summed E-state index contributed by atoms with van der Waals surface area (Å²) in [5, 5.41) is 0. The van der Waals surface area contributed by atoms with Crippen LogP contribution in [0.2, 0.25) is 0 Å². The highest BCUT2D eigenvalue weighted by Crippen LogP contribution is 2.67. The van der Waals surface area contributed by atoms with E-state index in [0.717, 1.165) is 47.3 Å². The van der Waals surface area contributed by atoms with E-state index in [9.17, 15) is 0 Å².